The van der Waals surface area contributed by atoms with Gasteiger partial charge in [-0.15, -0.1) is 13.2 Å². The highest BCUT2D eigenvalue weighted by atomic mass is 16.6. The van der Waals surface area contributed by atoms with Gasteiger partial charge in [0.25, 0.3) is 0 Å². The third-order valence-corrected chi connectivity index (χ3v) is 6.56. The predicted octanol–water partition coefficient (Wildman–Crippen LogP) is 5.54. The third-order valence-electron chi connectivity index (χ3n) is 6.56. The second kappa shape index (κ2) is 21.9. The van der Waals surface area contributed by atoms with Crippen molar-refractivity contribution in [3.63, 3.8) is 0 Å². The average Bonchev–Trinajstić information content (AvgIpc) is 2.89. The maximum atomic E-state index is 13.4. The topological polar surface area (TPSA) is 114 Å². The highest BCUT2D eigenvalue weighted by Gasteiger charge is 2.33. The molecule has 0 aliphatic heterocycles. The number of carbonyl (C=O) groups excluding carboxylic acids is 4. The summed E-state index contributed by atoms with van der Waals surface area (Å²) in [6, 6.07) is -1.98. The fourth-order valence-corrected chi connectivity index (χ4v) is 4.45. The lowest BCUT2D eigenvalue weighted by Gasteiger charge is -2.27. The Kier molecular flexibility index (Phi) is 20.4. The van der Waals surface area contributed by atoms with Crippen molar-refractivity contribution in [2.24, 2.45) is 11.8 Å². The first kappa shape index (κ1) is 37.2. The van der Waals surface area contributed by atoms with Crippen molar-refractivity contribution in [1.29, 1.82) is 0 Å². The van der Waals surface area contributed by atoms with E-state index in [0.717, 1.165) is 38.5 Å². The van der Waals surface area contributed by atoms with Crippen molar-refractivity contribution < 1.29 is 28.7 Å². The fraction of sp³-hybridized carbons (Fsp3) is 0.742. The van der Waals surface area contributed by atoms with E-state index in [4.69, 9.17) is 9.47 Å². The van der Waals surface area contributed by atoms with Crippen molar-refractivity contribution >= 4 is 23.9 Å². The predicted molar refractivity (Wildman–Crippen MR) is 160 cm³/mol. The molecule has 0 saturated carbocycles. The van der Waals surface area contributed by atoms with E-state index in [1.54, 1.807) is 33.2 Å². The van der Waals surface area contributed by atoms with E-state index in [0.29, 0.717) is 19.3 Å². The number of unbranched alkanes of at least 4 members (excludes halogenated alkanes) is 4. The van der Waals surface area contributed by atoms with Crippen LogP contribution >= 0.6 is 0 Å². The van der Waals surface area contributed by atoms with Gasteiger partial charge in [0.1, 0.15) is 18.2 Å². The number of alkyl carbamates (subject to hydrolysis) is 1. The molecule has 0 saturated heterocycles. The van der Waals surface area contributed by atoms with Crippen molar-refractivity contribution in [1.82, 2.24) is 15.5 Å². The van der Waals surface area contributed by atoms with Crippen molar-refractivity contribution in [2.45, 2.75) is 117 Å². The molecule has 0 bridgehead atoms. The van der Waals surface area contributed by atoms with E-state index < -0.39 is 36.0 Å². The molecule has 9 nitrogen and oxygen atoms in total. The molecular formula is C31H55N3O6. The zero-order chi connectivity index (χ0) is 30.5. The minimum absolute atomic E-state index is 0.0497. The number of esters is 1. The molecule has 230 valence electrons. The van der Waals surface area contributed by atoms with Crippen LogP contribution in [0.1, 0.15) is 98.3 Å². The largest absolute Gasteiger partial charge is 0.464 e. The Labute approximate surface area is 242 Å². The van der Waals surface area contributed by atoms with Crippen LogP contribution in [0, 0.1) is 11.8 Å². The first-order valence-corrected chi connectivity index (χ1v) is 14.9. The Hall–Kier alpha value is -2.84. The molecule has 2 N–H and O–H groups in total. The van der Waals surface area contributed by atoms with Crippen LogP contribution < -0.4 is 10.6 Å². The Morgan fingerprint density at radius 1 is 0.875 bits per heavy atom. The van der Waals surface area contributed by atoms with Gasteiger partial charge < -0.3 is 25.0 Å². The molecule has 0 aliphatic rings. The van der Waals surface area contributed by atoms with E-state index in [2.05, 4.69) is 30.7 Å². The molecule has 0 fully saturated rings. The number of hydrogen-bond acceptors (Lipinski definition) is 6. The maximum absolute atomic E-state index is 13.4. The lowest BCUT2D eigenvalue weighted by Crippen LogP contribution is -2.53. The number of rotatable bonds is 22. The summed E-state index contributed by atoms with van der Waals surface area (Å²) in [7, 11) is 3.27. The monoisotopic (exact) mass is 565 g/mol. The van der Waals surface area contributed by atoms with Crippen molar-refractivity contribution in [3.05, 3.63) is 25.3 Å². The lowest BCUT2D eigenvalue weighted by atomic mass is 9.94. The van der Waals surface area contributed by atoms with Gasteiger partial charge in [-0.05, 0) is 57.8 Å². The maximum Gasteiger partial charge on any atom is 0.408 e. The standard InChI is InChI=1S/C31H55N3O6/c1-9-13-15-16-17-20-25(19-14-10-2)40-31(38)33-26(21-23(5)6)28(35)32-27(30(37)39-12-4)22-24(18-11-3)29(36)34(7)8/h10-11,23-27H,2-3,9,12-22H2,1,4-8H3,(H,32,35)(H,33,38)/t24?,25?,26-,27-/m0/s1. The van der Waals surface area contributed by atoms with Gasteiger partial charge in [-0.2, -0.15) is 0 Å². The number of nitrogens with zero attached hydrogens (tertiary/aromatic N) is 1. The van der Waals surface area contributed by atoms with E-state index in [1.165, 1.54) is 11.3 Å². The molecule has 0 aliphatic carbocycles. The van der Waals surface area contributed by atoms with Crippen LogP contribution in [0.5, 0.6) is 0 Å². The molecule has 0 rings (SSSR count). The Bertz CT molecular complexity index is 783. The van der Waals surface area contributed by atoms with Crippen molar-refractivity contribution in [3.8, 4) is 0 Å². The summed E-state index contributed by atoms with van der Waals surface area (Å²) >= 11 is 0. The van der Waals surface area contributed by atoms with E-state index in [9.17, 15) is 19.2 Å². The molecular weight excluding hydrogens is 510 g/mol. The van der Waals surface area contributed by atoms with Gasteiger partial charge in [0, 0.05) is 20.0 Å². The average molecular weight is 566 g/mol. The fourth-order valence-electron chi connectivity index (χ4n) is 4.45. The Morgan fingerprint density at radius 2 is 1.55 bits per heavy atom. The molecule has 0 aromatic carbocycles. The van der Waals surface area contributed by atoms with Crippen LogP contribution in [0.25, 0.3) is 0 Å². The molecule has 0 radical (unpaired) electrons. The zero-order valence-corrected chi connectivity index (χ0v) is 25.8. The van der Waals surface area contributed by atoms with Crippen LogP contribution in [0.3, 0.4) is 0 Å². The number of hydrogen-bond donors (Lipinski definition) is 2. The van der Waals surface area contributed by atoms with Gasteiger partial charge in [-0.1, -0.05) is 58.6 Å². The third kappa shape index (κ3) is 16.3. The van der Waals surface area contributed by atoms with Crippen molar-refractivity contribution in [2.75, 3.05) is 20.7 Å². The molecule has 0 aromatic rings. The summed E-state index contributed by atoms with van der Waals surface area (Å²) in [5, 5.41) is 5.45. The van der Waals surface area contributed by atoms with Crippen LogP contribution in [0.4, 0.5) is 4.79 Å². The normalized spacial score (nSPS) is 13.9. The summed E-state index contributed by atoms with van der Waals surface area (Å²) in [6.45, 7) is 15.3. The summed E-state index contributed by atoms with van der Waals surface area (Å²) in [4.78, 5) is 53.2. The smallest absolute Gasteiger partial charge is 0.408 e. The quantitative estimate of drug-likeness (QED) is 0.101. The highest BCUT2D eigenvalue weighted by Crippen LogP contribution is 2.18. The minimum atomic E-state index is -1.06. The Morgan fingerprint density at radius 3 is 2.10 bits per heavy atom. The molecule has 9 heteroatoms. The summed E-state index contributed by atoms with van der Waals surface area (Å²) in [5.41, 5.74) is 0. The second-order valence-corrected chi connectivity index (χ2v) is 10.9. The van der Waals surface area contributed by atoms with Gasteiger partial charge in [0.05, 0.1) is 6.61 Å². The molecule has 0 aromatic heterocycles. The van der Waals surface area contributed by atoms with E-state index in [-0.39, 0.29) is 31.0 Å². The second-order valence-electron chi connectivity index (χ2n) is 10.9. The lowest BCUT2D eigenvalue weighted by molar-refractivity contribution is -0.148. The van der Waals surface area contributed by atoms with Gasteiger partial charge in [-0.3, -0.25) is 9.59 Å². The van der Waals surface area contributed by atoms with Gasteiger partial charge >= 0.3 is 12.1 Å². The van der Waals surface area contributed by atoms with Gasteiger partial charge in [-0.25, -0.2) is 9.59 Å². The van der Waals surface area contributed by atoms with Gasteiger partial charge in [0.15, 0.2) is 0 Å². The summed E-state index contributed by atoms with van der Waals surface area (Å²) in [6.07, 6.45) is 10.9. The number of amides is 3. The minimum Gasteiger partial charge on any atom is -0.464 e. The molecule has 40 heavy (non-hydrogen) atoms. The first-order chi connectivity index (χ1) is 19.0. The number of carbonyl (C=O) groups is 4. The highest BCUT2D eigenvalue weighted by molar-refractivity contribution is 5.90. The Balaban J connectivity index is 5.58. The van der Waals surface area contributed by atoms with E-state index in [1.807, 2.05) is 13.8 Å². The molecule has 0 spiro atoms. The molecule has 2 unspecified atom stereocenters. The summed E-state index contributed by atoms with van der Waals surface area (Å²) in [5.74, 6) is -1.82. The number of allylic oxidation sites excluding steroid dienone is 2. The number of ether oxygens (including phenoxy) is 2. The summed E-state index contributed by atoms with van der Waals surface area (Å²) < 4.78 is 10.9. The van der Waals surface area contributed by atoms with Crippen LogP contribution in [0.2, 0.25) is 0 Å². The van der Waals surface area contributed by atoms with Crippen LogP contribution in [-0.2, 0) is 23.9 Å². The van der Waals surface area contributed by atoms with Gasteiger partial charge in [0.2, 0.25) is 11.8 Å². The SMILES string of the molecule is C=CCCC(CCCCCCC)OC(=O)N[C@@H](CC(C)C)C(=O)N[C@@H](CC(CC=C)C(=O)N(C)C)C(=O)OCC. The van der Waals surface area contributed by atoms with Crippen LogP contribution in [-0.4, -0.2) is 67.7 Å². The molecule has 0 heterocycles. The number of nitrogens with one attached hydrogen (secondary N) is 2. The van der Waals surface area contributed by atoms with Crippen LogP contribution in [0.15, 0.2) is 25.3 Å². The van der Waals surface area contributed by atoms with E-state index >= 15 is 0 Å². The first-order valence-electron chi connectivity index (χ1n) is 14.9. The molecule has 3 amide bonds. The molecule has 4 atom stereocenters. The zero-order valence-electron chi connectivity index (χ0n) is 25.8.